The number of carbonyl (C=O) groups excluding carboxylic acids is 5. The number of ether oxygens (including phenoxy) is 5. The molecule has 3 aliphatic heterocycles. The lowest BCUT2D eigenvalue weighted by Gasteiger charge is -2.37. The van der Waals surface area contributed by atoms with Crippen molar-refractivity contribution in [3.8, 4) is 23.0 Å². The van der Waals surface area contributed by atoms with E-state index in [0.717, 1.165) is 19.3 Å². The van der Waals surface area contributed by atoms with E-state index in [2.05, 4.69) is 49.3 Å². The van der Waals surface area contributed by atoms with E-state index in [1.165, 1.54) is 22.9 Å². The summed E-state index contributed by atoms with van der Waals surface area (Å²) in [7, 11) is -0.922. The van der Waals surface area contributed by atoms with Gasteiger partial charge in [-0.1, -0.05) is 32.3 Å². The maximum absolute atomic E-state index is 13.8. The molecule has 3 aromatic carbocycles. The van der Waals surface area contributed by atoms with Crippen LogP contribution in [0, 0.1) is 10.8 Å². The van der Waals surface area contributed by atoms with Gasteiger partial charge in [0.15, 0.2) is 11.4 Å². The number of aromatic amines is 1. The average Bonchev–Trinajstić information content (AvgIpc) is 3.88. The molecule has 4 heterocycles. The summed E-state index contributed by atoms with van der Waals surface area (Å²) in [4.78, 5) is 94.3. The Morgan fingerprint density at radius 3 is 2.00 bits per heavy atom. The molecule has 1 fully saturated rings. The van der Waals surface area contributed by atoms with Crippen molar-refractivity contribution in [1.29, 1.82) is 0 Å². The number of fused-ring (bicyclic) bond motifs is 6. The van der Waals surface area contributed by atoms with Crippen LogP contribution in [-0.2, 0) is 34.0 Å². The van der Waals surface area contributed by atoms with Crippen LogP contribution < -0.4 is 30.8 Å². The molecular formula is C58H73N4O13P. The second-order valence-electron chi connectivity index (χ2n) is 22.3. The fourth-order valence-corrected chi connectivity index (χ4v) is 11.7. The number of H-pyrrole nitrogens is 1. The number of carbonyl (C=O) groups is 5. The Hall–Kier alpha value is -6.26. The van der Waals surface area contributed by atoms with Crippen LogP contribution in [0.25, 0.3) is 6.08 Å². The quantitative estimate of drug-likeness (QED) is 0.0211. The molecule has 0 bridgehead atoms. The molecule has 3 aliphatic rings. The van der Waals surface area contributed by atoms with Crippen molar-refractivity contribution in [2.24, 2.45) is 10.8 Å². The second kappa shape index (κ2) is 23.5. The molecule has 7 rings (SSSR count). The summed E-state index contributed by atoms with van der Waals surface area (Å²) >= 11 is 0. The number of aromatic nitrogens is 2. The van der Waals surface area contributed by atoms with Gasteiger partial charge in [0.05, 0.1) is 34.2 Å². The smallest absolute Gasteiger partial charge is 0.340 e. The highest BCUT2D eigenvalue weighted by molar-refractivity contribution is 7.49. The number of hydrogen-bond donors (Lipinski definition) is 2. The zero-order valence-electron chi connectivity index (χ0n) is 45.8. The highest BCUT2D eigenvalue weighted by Gasteiger charge is 2.54. The van der Waals surface area contributed by atoms with Crippen LogP contribution in [0.2, 0.25) is 0 Å². The predicted octanol–water partition coefficient (Wildman–Crippen LogP) is 10.5. The van der Waals surface area contributed by atoms with Gasteiger partial charge in [-0.05, 0) is 138 Å². The van der Waals surface area contributed by atoms with Gasteiger partial charge < -0.3 is 33.5 Å². The summed E-state index contributed by atoms with van der Waals surface area (Å²) < 4.78 is 40.7. The molecule has 0 aliphatic carbocycles. The zero-order valence-corrected chi connectivity index (χ0v) is 46.7. The van der Waals surface area contributed by atoms with Gasteiger partial charge >= 0.3 is 23.6 Å². The van der Waals surface area contributed by atoms with Gasteiger partial charge in [-0.3, -0.25) is 38.2 Å². The number of ketones is 1. The van der Waals surface area contributed by atoms with Crippen LogP contribution in [0.5, 0.6) is 23.0 Å². The fraction of sp³-hybridized carbons (Fsp3) is 0.500. The normalized spacial score (nSPS) is 18.1. The van der Waals surface area contributed by atoms with Gasteiger partial charge in [-0.25, -0.2) is 9.59 Å². The molecular weight excluding hydrogens is 992 g/mol. The Morgan fingerprint density at radius 2 is 1.42 bits per heavy atom. The minimum Gasteiger partial charge on any atom is -0.456 e. The van der Waals surface area contributed by atoms with Crippen molar-refractivity contribution in [1.82, 2.24) is 19.5 Å². The van der Waals surface area contributed by atoms with E-state index < -0.39 is 60.1 Å². The molecule has 0 saturated carbocycles. The minimum absolute atomic E-state index is 0.114. The third-order valence-electron chi connectivity index (χ3n) is 13.6. The molecule has 1 saturated heterocycles. The van der Waals surface area contributed by atoms with Crippen LogP contribution >= 0.6 is 8.30 Å². The summed E-state index contributed by atoms with van der Waals surface area (Å²) in [5.74, 6) is -1.13. The number of unbranched alkanes of at least 4 members (excludes halogenated alkanes) is 4. The number of esters is 3. The SMILES string of the molecule is CC[C@H]1O[C@@H](n2cc(/C=C/C(=O)NCCCCCCCC(=O)c3ccc4c(c3)C3(OC4=O)c4ccc(OC(=O)C(C)(C)C)cc4Oc4cc(OC(=O)C(C)(C)C)ccc43)c(=O)[nH]c2=O)CC1OP(C)N(C(C)C)C(C)C. The number of Topliss-reactive ketones (excluding diaryl/α,β-unsaturated/α-hetero) is 1. The molecule has 408 valence electrons. The maximum atomic E-state index is 13.8. The van der Waals surface area contributed by atoms with Crippen LogP contribution in [0.4, 0.5) is 0 Å². The highest BCUT2D eigenvalue weighted by atomic mass is 31.2. The molecule has 76 heavy (non-hydrogen) atoms. The summed E-state index contributed by atoms with van der Waals surface area (Å²) in [6.45, 7) is 23.5. The van der Waals surface area contributed by atoms with E-state index in [-0.39, 0.29) is 64.4 Å². The van der Waals surface area contributed by atoms with E-state index in [0.29, 0.717) is 66.6 Å². The van der Waals surface area contributed by atoms with Crippen molar-refractivity contribution in [3.05, 3.63) is 121 Å². The first-order valence-electron chi connectivity index (χ1n) is 26.3. The van der Waals surface area contributed by atoms with Crippen LogP contribution in [0.1, 0.15) is 177 Å². The Morgan fingerprint density at radius 1 is 0.829 bits per heavy atom. The number of benzene rings is 3. The van der Waals surface area contributed by atoms with Gasteiger partial charge in [0.25, 0.3) is 5.56 Å². The Bertz CT molecular complexity index is 2910. The van der Waals surface area contributed by atoms with Crippen molar-refractivity contribution < 1.29 is 52.2 Å². The first kappa shape index (κ1) is 57.4. The third-order valence-corrected chi connectivity index (χ3v) is 15.7. The summed E-state index contributed by atoms with van der Waals surface area (Å²) in [6, 6.07) is 15.2. The van der Waals surface area contributed by atoms with Crippen molar-refractivity contribution in [2.75, 3.05) is 13.2 Å². The van der Waals surface area contributed by atoms with E-state index >= 15 is 0 Å². The summed E-state index contributed by atoms with van der Waals surface area (Å²) in [6.07, 6.45) is 8.05. The Balaban J connectivity index is 0.941. The molecule has 17 nitrogen and oxygen atoms in total. The van der Waals surface area contributed by atoms with E-state index in [4.69, 9.17) is 28.2 Å². The molecule has 18 heteroatoms. The second-order valence-corrected chi connectivity index (χ2v) is 23.9. The number of amides is 1. The highest BCUT2D eigenvalue weighted by Crippen LogP contribution is 2.57. The van der Waals surface area contributed by atoms with E-state index in [1.54, 1.807) is 96.1 Å². The third kappa shape index (κ3) is 12.8. The standard InChI is InChI=1S/C58H73N4O13P/c1-13-45-48(75-76(12)62(34(2)3)35(4)5)32-50(73-45)61-33-37(51(65)60-55(61)69)21-27-49(64)59-28-18-16-14-15-17-19-44(63)36-20-24-40-43(29-36)58(74-52(40)66)41-25-22-38(70-53(67)56(6,7)8)30-46(41)72-47-31-39(23-26-42(47)58)71-54(68)57(9,10)11/h20-27,29-31,33-35,45,48,50H,13-19,28,32H2,1-12H3,(H,59,64)(H,60,65,69)/b27-21+/t45-,48?,50-,76?/m1/s1. The maximum Gasteiger partial charge on any atom is 0.340 e. The van der Waals surface area contributed by atoms with Crippen LogP contribution in [0.3, 0.4) is 0 Å². The molecule has 2 N–H and O–H groups in total. The van der Waals surface area contributed by atoms with Gasteiger partial charge in [0, 0.05) is 78.1 Å². The molecule has 4 aromatic rings. The first-order chi connectivity index (χ1) is 35.8. The van der Waals surface area contributed by atoms with Crippen molar-refractivity contribution >= 4 is 44.0 Å². The number of nitrogens with zero attached hydrogens (tertiary/aromatic N) is 2. The van der Waals surface area contributed by atoms with Crippen molar-refractivity contribution in [3.63, 3.8) is 0 Å². The Labute approximate surface area is 445 Å². The topological polar surface area (TPSA) is 211 Å². The summed E-state index contributed by atoms with van der Waals surface area (Å²) in [5.41, 5.74) is -2.22. The molecule has 2 unspecified atom stereocenters. The number of nitrogens with one attached hydrogen (secondary N) is 2. The molecule has 0 radical (unpaired) electrons. The van der Waals surface area contributed by atoms with Gasteiger partial charge in [-0.15, -0.1) is 0 Å². The Kier molecular flexibility index (Phi) is 17.8. The summed E-state index contributed by atoms with van der Waals surface area (Å²) in [5, 5.41) is 2.85. The average molecular weight is 1070 g/mol. The first-order valence-corrected chi connectivity index (χ1v) is 28.0. The van der Waals surface area contributed by atoms with E-state index in [9.17, 15) is 33.6 Å². The monoisotopic (exact) mass is 1060 g/mol. The fourth-order valence-electron chi connectivity index (χ4n) is 9.70. The lowest BCUT2D eigenvalue weighted by atomic mass is 9.77. The van der Waals surface area contributed by atoms with Gasteiger partial charge in [-0.2, -0.15) is 0 Å². The largest absolute Gasteiger partial charge is 0.456 e. The van der Waals surface area contributed by atoms with Gasteiger partial charge in [0.2, 0.25) is 5.91 Å². The molecule has 1 spiro atoms. The number of hydrogen-bond acceptors (Lipinski definition) is 14. The van der Waals surface area contributed by atoms with Crippen LogP contribution in [0.15, 0.2) is 76.5 Å². The molecule has 4 atom stereocenters. The number of rotatable bonds is 20. The van der Waals surface area contributed by atoms with Crippen molar-refractivity contribution in [2.45, 2.75) is 164 Å². The predicted molar refractivity (Wildman–Crippen MR) is 289 cm³/mol. The lowest BCUT2D eigenvalue weighted by molar-refractivity contribution is -0.143. The zero-order chi connectivity index (χ0) is 55.4. The van der Waals surface area contributed by atoms with Crippen LogP contribution in [-0.4, -0.2) is 81.3 Å². The lowest BCUT2D eigenvalue weighted by Crippen LogP contribution is -2.34. The molecule has 1 aromatic heterocycles. The van der Waals surface area contributed by atoms with E-state index in [1.807, 2.05) is 6.92 Å². The molecule has 1 amide bonds. The van der Waals surface area contributed by atoms with Gasteiger partial charge in [0.1, 0.15) is 37.5 Å². The minimum atomic E-state index is -1.56.